The quantitative estimate of drug-likeness (QED) is 0.837. The van der Waals surface area contributed by atoms with Crippen LogP contribution in [0.2, 0.25) is 0 Å². The summed E-state index contributed by atoms with van der Waals surface area (Å²) in [6, 6.07) is 2.53. The molecule has 1 aliphatic heterocycles. The van der Waals surface area contributed by atoms with Crippen molar-refractivity contribution >= 4 is 11.3 Å². The molecule has 0 aliphatic carbocycles. The van der Waals surface area contributed by atoms with Gasteiger partial charge in [-0.3, -0.25) is 4.90 Å². The van der Waals surface area contributed by atoms with Gasteiger partial charge in [0.05, 0.1) is 0 Å². The number of hydrogen-bond acceptors (Lipinski definition) is 4. The standard InChI is InChI=1S/C12H20N2OS/c13-7-12(11-3-6-16-9-11)14-4-1-10(8-15)2-5-14/h3,6,9-10,12,15H,1-2,4-5,7-8,13H2. The molecule has 1 aromatic rings. The Morgan fingerprint density at radius 3 is 2.75 bits per heavy atom. The fourth-order valence-corrected chi connectivity index (χ4v) is 3.11. The molecule has 1 saturated heterocycles. The van der Waals surface area contributed by atoms with Gasteiger partial charge in [0.15, 0.2) is 0 Å². The van der Waals surface area contributed by atoms with E-state index in [-0.39, 0.29) is 0 Å². The summed E-state index contributed by atoms with van der Waals surface area (Å²) in [6.45, 7) is 3.13. The number of nitrogens with two attached hydrogens (primary N) is 1. The molecular weight excluding hydrogens is 220 g/mol. The third-order valence-electron chi connectivity index (χ3n) is 3.50. The van der Waals surface area contributed by atoms with Crippen LogP contribution in [0.4, 0.5) is 0 Å². The van der Waals surface area contributed by atoms with Crippen LogP contribution in [-0.4, -0.2) is 36.2 Å². The maximum Gasteiger partial charge on any atom is 0.0478 e. The van der Waals surface area contributed by atoms with E-state index in [1.807, 2.05) is 0 Å². The van der Waals surface area contributed by atoms with Gasteiger partial charge in [0.2, 0.25) is 0 Å². The van der Waals surface area contributed by atoms with Crippen LogP contribution in [0.25, 0.3) is 0 Å². The Morgan fingerprint density at radius 2 is 2.25 bits per heavy atom. The first kappa shape index (κ1) is 12.0. The molecule has 2 heterocycles. The summed E-state index contributed by atoms with van der Waals surface area (Å²) in [6.07, 6.45) is 2.19. The Kier molecular flexibility index (Phi) is 4.35. The van der Waals surface area contributed by atoms with Crippen molar-refractivity contribution in [1.29, 1.82) is 0 Å². The van der Waals surface area contributed by atoms with E-state index >= 15 is 0 Å². The molecule has 3 nitrogen and oxygen atoms in total. The van der Waals surface area contributed by atoms with Crippen LogP contribution < -0.4 is 5.73 Å². The van der Waals surface area contributed by atoms with Gasteiger partial charge in [-0.2, -0.15) is 11.3 Å². The molecule has 1 fully saturated rings. The van der Waals surface area contributed by atoms with Crippen molar-refractivity contribution in [1.82, 2.24) is 4.90 Å². The third kappa shape index (κ3) is 2.63. The van der Waals surface area contributed by atoms with Crippen molar-refractivity contribution in [3.8, 4) is 0 Å². The summed E-state index contributed by atoms with van der Waals surface area (Å²) in [5.41, 5.74) is 7.22. The number of piperidine rings is 1. The van der Waals surface area contributed by atoms with Crippen molar-refractivity contribution in [2.45, 2.75) is 18.9 Å². The second kappa shape index (κ2) is 5.77. The van der Waals surface area contributed by atoms with Gasteiger partial charge in [-0.15, -0.1) is 0 Å². The van der Waals surface area contributed by atoms with Crippen LogP contribution in [-0.2, 0) is 0 Å². The minimum absolute atomic E-state index is 0.333. The highest BCUT2D eigenvalue weighted by Gasteiger charge is 2.24. The lowest BCUT2D eigenvalue weighted by atomic mass is 9.95. The SMILES string of the molecule is NCC(c1ccsc1)N1CCC(CO)CC1. The molecule has 1 aromatic heterocycles. The number of hydrogen-bond donors (Lipinski definition) is 2. The Balaban J connectivity index is 1.96. The van der Waals surface area contributed by atoms with Crippen LogP contribution in [0.1, 0.15) is 24.4 Å². The number of likely N-dealkylation sites (tertiary alicyclic amines) is 1. The van der Waals surface area contributed by atoms with Gasteiger partial charge in [-0.1, -0.05) is 0 Å². The topological polar surface area (TPSA) is 49.5 Å². The molecule has 0 amide bonds. The minimum Gasteiger partial charge on any atom is -0.396 e. The number of nitrogens with zero attached hydrogens (tertiary/aromatic N) is 1. The zero-order chi connectivity index (χ0) is 11.4. The highest BCUT2D eigenvalue weighted by Crippen LogP contribution is 2.27. The molecule has 0 radical (unpaired) electrons. The fourth-order valence-electron chi connectivity index (χ4n) is 2.41. The predicted octanol–water partition coefficient (Wildman–Crippen LogP) is 1.45. The smallest absolute Gasteiger partial charge is 0.0478 e. The average Bonchev–Trinajstić information content (AvgIpc) is 2.85. The largest absolute Gasteiger partial charge is 0.396 e. The third-order valence-corrected chi connectivity index (χ3v) is 4.20. The second-order valence-corrected chi connectivity index (χ2v) is 5.25. The predicted molar refractivity (Wildman–Crippen MR) is 67.5 cm³/mol. The van der Waals surface area contributed by atoms with E-state index in [0.29, 0.717) is 25.1 Å². The van der Waals surface area contributed by atoms with Gasteiger partial charge in [-0.25, -0.2) is 0 Å². The van der Waals surface area contributed by atoms with E-state index < -0.39 is 0 Å². The summed E-state index contributed by atoms with van der Waals surface area (Å²) in [5, 5.41) is 13.4. The second-order valence-electron chi connectivity index (χ2n) is 4.47. The summed E-state index contributed by atoms with van der Waals surface area (Å²) >= 11 is 1.73. The Labute approximate surface area is 101 Å². The van der Waals surface area contributed by atoms with Crippen molar-refractivity contribution in [3.05, 3.63) is 22.4 Å². The zero-order valence-electron chi connectivity index (χ0n) is 9.51. The number of aliphatic hydroxyl groups is 1. The molecule has 3 N–H and O–H groups in total. The maximum atomic E-state index is 9.12. The zero-order valence-corrected chi connectivity index (χ0v) is 10.3. The van der Waals surface area contributed by atoms with Gasteiger partial charge >= 0.3 is 0 Å². The number of thiophene rings is 1. The lowest BCUT2D eigenvalue weighted by Crippen LogP contribution is -2.40. The van der Waals surface area contributed by atoms with Gasteiger partial charge in [0.25, 0.3) is 0 Å². The van der Waals surface area contributed by atoms with E-state index in [4.69, 9.17) is 10.8 Å². The van der Waals surface area contributed by atoms with Crippen molar-refractivity contribution in [3.63, 3.8) is 0 Å². The highest BCUT2D eigenvalue weighted by molar-refractivity contribution is 7.07. The first-order chi connectivity index (χ1) is 7.85. The Bertz CT molecular complexity index is 294. The minimum atomic E-state index is 0.333. The number of aliphatic hydroxyl groups excluding tert-OH is 1. The van der Waals surface area contributed by atoms with Gasteiger partial charge < -0.3 is 10.8 Å². The molecular formula is C12H20N2OS. The molecule has 1 aliphatic rings. The van der Waals surface area contributed by atoms with Gasteiger partial charge in [-0.05, 0) is 54.2 Å². The lowest BCUT2D eigenvalue weighted by Gasteiger charge is -2.36. The summed E-state index contributed by atoms with van der Waals surface area (Å²) in [4.78, 5) is 2.45. The van der Waals surface area contributed by atoms with E-state index in [0.717, 1.165) is 25.9 Å². The molecule has 2 rings (SSSR count). The molecule has 90 valence electrons. The Hall–Kier alpha value is -0.420. The maximum absolute atomic E-state index is 9.12. The average molecular weight is 240 g/mol. The first-order valence-corrected chi connectivity index (χ1v) is 6.86. The summed E-state index contributed by atoms with van der Waals surface area (Å²) < 4.78 is 0. The van der Waals surface area contributed by atoms with E-state index in [2.05, 4.69) is 21.7 Å². The van der Waals surface area contributed by atoms with Crippen molar-refractivity contribution in [2.75, 3.05) is 26.2 Å². The number of rotatable bonds is 4. The molecule has 4 heteroatoms. The summed E-state index contributed by atoms with van der Waals surface area (Å²) in [7, 11) is 0. The normalized spacial score (nSPS) is 21.1. The van der Waals surface area contributed by atoms with E-state index in [1.165, 1.54) is 5.56 Å². The van der Waals surface area contributed by atoms with Crippen molar-refractivity contribution in [2.24, 2.45) is 11.7 Å². The Morgan fingerprint density at radius 1 is 1.50 bits per heavy atom. The van der Waals surface area contributed by atoms with E-state index in [1.54, 1.807) is 11.3 Å². The molecule has 0 bridgehead atoms. The first-order valence-electron chi connectivity index (χ1n) is 5.92. The summed E-state index contributed by atoms with van der Waals surface area (Å²) in [5.74, 6) is 0.497. The lowest BCUT2D eigenvalue weighted by molar-refractivity contribution is 0.103. The molecule has 0 spiro atoms. The van der Waals surface area contributed by atoms with Crippen LogP contribution in [0.5, 0.6) is 0 Å². The van der Waals surface area contributed by atoms with E-state index in [9.17, 15) is 0 Å². The van der Waals surface area contributed by atoms with Crippen LogP contribution in [0.3, 0.4) is 0 Å². The van der Waals surface area contributed by atoms with Gasteiger partial charge in [0, 0.05) is 19.2 Å². The van der Waals surface area contributed by atoms with Crippen molar-refractivity contribution < 1.29 is 5.11 Å². The monoisotopic (exact) mass is 240 g/mol. The molecule has 0 aromatic carbocycles. The van der Waals surface area contributed by atoms with Gasteiger partial charge in [0.1, 0.15) is 0 Å². The highest BCUT2D eigenvalue weighted by atomic mass is 32.1. The van der Waals surface area contributed by atoms with Crippen LogP contribution in [0, 0.1) is 5.92 Å². The molecule has 1 unspecified atom stereocenters. The molecule has 0 saturated carbocycles. The van der Waals surface area contributed by atoms with Crippen LogP contribution in [0.15, 0.2) is 16.8 Å². The molecule has 1 atom stereocenters. The fraction of sp³-hybridized carbons (Fsp3) is 0.667. The molecule has 16 heavy (non-hydrogen) atoms. The van der Waals surface area contributed by atoms with Crippen LogP contribution >= 0.6 is 11.3 Å².